The van der Waals surface area contributed by atoms with Crippen molar-refractivity contribution < 1.29 is 8.83 Å². The van der Waals surface area contributed by atoms with Crippen LogP contribution in [0.3, 0.4) is 0 Å². The highest BCUT2D eigenvalue weighted by molar-refractivity contribution is 6.90. The van der Waals surface area contributed by atoms with Crippen LogP contribution in [0.25, 0.3) is 33.1 Å². The van der Waals surface area contributed by atoms with Gasteiger partial charge in [0.2, 0.25) is 0 Å². The molecular weight excluding hydrogens is 393 g/mol. The topological polar surface area (TPSA) is 29.5 Å². The highest BCUT2D eigenvalue weighted by Gasteiger charge is 2.44. The summed E-state index contributed by atoms with van der Waals surface area (Å²) in [5.41, 5.74) is 7.15. The zero-order valence-corrected chi connectivity index (χ0v) is 17.2. The van der Waals surface area contributed by atoms with Gasteiger partial charge in [0.15, 0.2) is 5.88 Å². The fourth-order valence-corrected chi connectivity index (χ4v) is 4.98. The Morgan fingerprint density at radius 1 is 0.531 bits per heavy atom. The molecule has 0 bridgehead atoms. The first kappa shape index (κ1) is 17.5. The molecule has 4 heteroatoms. The molecule has 2 aromatic heterocycles. The van der Waals surface area contributed by atoms with Gasteiger partial charge in [0, 0.05) is 22.0 Å². The third kappa shape index (κ3) is 2.38. The fourth-order valence-electron chi connectivity index (χ4n) is 4.98. The van der Waals surface area contributed by atoms with Gasteiger partial charge in [0.1, 0.15) is 16.8 Å². The van der Waals surface area contributed by atoms with E-state index in [0.29, 0.717) is 0 Å². The molecule has 0 unspecified atom stereocenters. The third-order valence-corrected chi connectivity index (χ3v) is 6.32. The van der Waals surface area contributed by atoms with Crippen LogP contribution in [0.4, 0.5) is 11.6 Å². The number of nitrogens with zero attached hydrogens (tertiary/aromatic N) is 1. The molecule has 150 valence electrons. The summed E-state index contributed by atoms with van der Waals surface area (Å²) in [7, 11) is 0. The first-order valence-electron chi connectivity index (χ1n) is 10.8. The van der Waals surface area contributed by atoms with Crippen LogP contribution in [0.5, 0.6) is 0 Å². The van der Waals surface area contributed by atoms with Crippen molar-refractivity contribution in [2.24, 2.45) is 0 Å². The molecular formula is C28H18BNO2. The van der Waals surface area contributed by atoms with Gasteiger partial charge < -0.3 is 13.6 Å². The molecule has 0 fully saturated rings. The Balaban J connectivity index is 1.65. The number of anilines is 2. The molecule has 0 N–H and O–H groups in total. The van der Waals surface area contributed by atoms with Gasteiger partial charge in [-0.25, -0.2) is 0 Å². The monoisotopic (exact) mass is 411 g/mol. The minimum atomic E-state index is -0.144. The Bertz CT molecular complexity index is 1460. The van der Waals surface area contributed by atoms with Crippen molar-refractivity contribution in [1.82, 2.24) is 0 Å². The Morgan fingerprint density at radius 3 is 1.81 bits per heavy atom. The summed E-state index contributed by atoms with van der Waals surface area (Å²) in [4.78, 5) is 2.27. The third-order valence-electron chi connectivity index (χ3n) is 6.32. The molecule has 32 heavy (non-hydrogen) atoms. The Morgan fingerprint density at radius 2 is 1.09 bits per heavy atom. The van der Waals surface area contributed by atoms with Crippen molar-refractivity contribution in [3.63, 3.8) is 0 Å². The fraction of sp³-hybridized carbons (Fsp3) is 0. The second kappa shape index (κ2) is 6.66. The molecule has 3 nitrogen and oxygen atoms in total. The van der Waals surface area contributed by atoms with Gasteiger partial charge in [-0.05, 0) is 29.7 Å². The van der Waals surface area contributed by atoms with E-state index in [1.165, 1.54) is 0 Å². The van der Waals surface area contributed by atoms with E-state index in [4.69, 9.17) is 8.83 Å². The summed E-state index contributed by atoms with van der Waals surface area (Å²) in [5.74, 6) is 0.852. The first-order chi connectivity index (χ1) is 15.9. The minimum Gasteiger partial charge on any atom is -0.467 e. The number of fused-ring (bicyclic) bond motifs is 7. The Hall–Kier alpha value is -4.18. The maximum atomic E-state index is 6.60. The van der Waals surface area contributed by atoms with E-state index in [1.807, 2.05) is 36.4 Å². The highest BCUT2D eigenvalue weighted by Crippen LogP contribution is 2.48. The molecule has 1 aliphatic rings. The average Bonchev–Trinajstić information content (AvgIpc) is 3.42. The van der Waals surface area contributed by atoms with E-state index < -0.39 is 0 Å². The van der Waals surface area contributed by atoms with Crippen LogP contribution in [0.1, 0.15) is 0 Å². The summed E-state index contributed by atoms with van der Waals surface area (Å²) in [6.45, 7) is -0.144. The molecule has 3 heterocycles. The van der Waals surface area contributed by atoms with E-state index >= 15 is 0 Å². The normalized spacial score (nSPS) is 12.9. The van der Waals surface area contributed by atoms with Crippen LogP contribution >= 0.6 is 0 Å². The molecule has 7 rings (SSSR count). The van der Waals surface area contributed by atoms with Crippen molar-refractivity contribution in [2.45, 2.75) is 0 Å². The number of benzene rings is 4. The number of hydrogen-bond donors (Lipinski definition) is 0. The van der Waals surface area contributed by atoms with Gasteiger partial charge in [-0.2, -0.15) is 0 Å². The summed E-state index contributed by atoms with van der Waals surface area (Å²) in [6.07, 6.45) is 0. The molecule has 6 aromatic rings. The standard InChI is InChI=1S/C28H18BNO2/c1-3-11-19(12-4-1)29-27-25(21-15-7-9-17-23(21)31-27)26-22-16-8-10-18-24(22)32-28(26)30(29)20-13-5-2-6-14-20/h1-18H. The summed E-state index contributed by atoms with van der Waals surface area (Å²) in [5, 5.41) is 2.21. The molecule has 4 aromatic carbocycles. The van der Waals surface area contributed by atoms with Crippen molar-refractivity contribution in [1.29, 1.82) is 0 Å². The molecule has 0 saturated carbocycles. The SMILES string of the molecule is c1ccc(B2c3oc4ccccc4c3-c3c(oc4ccccc34)N2c2ccccc2)cc1. The Kier molecular flexibility index (Phi) is 3.64. The summed E-state index contributed by atoms with van der Waals surface area (Å²) >= 11 is 0. The van der Waals surface area contributed by atoms with Crippen LogP contribution < -0.4 is 15.9 Å². The summed E-state index contributed by atoms with van der Waals surface area (Å²) < 4.78 is 13.2. The van der Waals surface area contributed by atoms with Gasteiger partial charge in [0.05, 0.1) is 5.56 Å². The van der Waals surface area contributed by atoms with Crippen LogP contribution in [-0.4, -0.2) is 6.85 Å². The zero-order chi connectivity index (χ0) is 21.1. The van der Waals surface area contributed by atoms with Crippen LogP contribution in [0, 0.1) is 0 Å². The number of hydrogen-bond acceptors (Lipinski definition) is 3. The van der Waals surface area contributed by atoms with Gasteiger partial charge in [-0.3, -0.25) is 0 Å². The molecule has 1 aliphatic heterocycles. The molecule has 0 radical (unpaired) electrons. The van der Waals surface area contributed by atoms with Crippen molar-refractivity contribution in [3.05, 3.63) is 109 Å². The van der Waals surface area contributed by atoms with Crippen molar-refractivity contribution >= 4 is 51.5 Å². The first-order valence-corrected chi connectivity index (χ1v) is 10.8. The van der Waals surface area contributed by atoms with Crippen LogP contribution in [0.15, 0.2) is 118 Å². The molecule has 0 amide bonds. The maximum absolute atomic E-state index is 6.60. The number of rotatable bonds is 2. The van der Waals surface area contributed by atoms with Crippen LogP contribution in [-0.2, 0) is 0 Å². The van der Waals surface area contributed by atoms with Gasteiger partial charge in [-0.1, -0.05) is 84.9 Å². The van der Waals surface area contributed by atoms with E-state index in [9.17, 15) is 0 Å². The molecule has 0 aliphatic carbocycles. The molecule has 0 saturated heterocycles. The predicted molar refractivity (Wildman–Crippen MR) is 131 cm³/mol. The minimum absolute atomic E-state index is 0.144. The lowest BCUT2D eigenvalue weighted by molar-refractivity contribution is 0.620. The summed E-state index contributed by atoms with van der Waals surface area (Å²) in [6, 6.07) is 37.5. The van der Waals surface area contributed by atoms with E-state index in [1.54, 1.807) is 0 Å². The quantitative estimate of drug-likeness (QED) is 0.322. The lowest BCUT2D eigenvalue weighted by atomic mass is 9.49. The smallest absolute Gasteiger partial charge is 0.373 e. The van der Waals surface area contributed by atoms with Gasteiger partial charge in [0.25, 0.3) is 0 Å². The van der Waals surface area contributed by atoms with Gasteiger partial charge >= 0.3 is 6.85 Å². The predicted octanol–water partition coefficient (Wildman–Crippen LogP) is 6.10. The Labute approximate surface area is 185 Å². The zero-order valence-electron chi connectivity index (χ0n) is 17.2. The maximum Gasteiger partial charge on any atom is 0.373 e. The van der Waals surface area contributed by atoms with Crippen molar-refractivity contribution in [2.75, 3.05) is 4.81 Å². The average molecular weight is 411 g/mol. The second-order valence-corrected chi connectivity index (χ2v) is 8.13. The van der Waals surface area contributed by atoms with E-state index in [-0.39, 0.29) is 6.85 Å². The second-order valence-electron chi connectivity index (χ2n) is 8.13. The van der Waals surface area contributed by atoms with Gasteiger partial charge in [-0.15, -0.1) is 0 Å². The van der Waals surface area contributed by atoms with E-state index in [2.05, 4.69) is 77.6 Å². The largest absolute Gasteiger partial charge is 0.467 e. The number of furan rings is 2. The molecule has 0 atom stereocenters. The lowest BCUT2D eigenvalue weighted by Gasteiger charge is -2.33. The van der Waals surface area contributed by atoms with E-state index in [0.717, 1.165) is 55.8 Å². The van der Waals surface area contributed by atoms with Crippen LogP contribution in [0.2, 0.25) is 0 Å². The highest BCUT2D eigenvalue weighted by atomic mass is 16.4. The lowest BCUT2D eigenvalue weighted by Crippen LogP contribution is -2.56. The number of para-hydroxylation sites is 3. The molecule has 0 spiro atoms. The van der Waals surface area contributed by atoms with Crippen molar-refractivity contribution in [3.8, 4) is 11.1 Å².